The normalized spacial score (nSPS) is 12.9. The Morgan fingerprint density at radius 1 is 0.821 bits per heavy atom. The van der Waals surface area contributed by atoms with Gasteiger partial charge in [0.2, 0.25) is 5.91 Å². The van der Waals surface area contributed by atoms with E-state index in [9.17, 15) is 9.59 Å². The Kier molecular flexibility index (Phi) is 16.1. The molecular weight excluding hydrogens is 725 g/mol. The maximum absolute atomic E-state index is 13.8. The van der Waals surface area contributed by atoms with Crippen molar-refractivity contribution in [3.8, 4) is 17.2 Å². The lowest BCUT2D eigenvalue weighted by molar-refractivity contribution is -0.132. The van der Waals surface area contributed by atoms with Crippen LogP contribution in [0.1, 0.15) is 64.7 Å². The predicted molar refractivity (Wildman–Crippen MR) is 228 cm³/mol. The topological polar surface area (TPSA) is 92.8 Å². The fourth-order valence-electron chi connectivity index (χ4n) is 6.62. The number of ether oxygens (including phenoxy) is 4. The first-order chi connectivity index (χ1) is 27.2. The summed E-state index contributed by atoms with van der Waals surface area (Å²) in [4.78, 5) is 32.8. The Morgan fingerprint density at radius 2 is 1.59 bits per heavy atom. The number of aryl methyl sites for hydroxylation is 2. The molecule has 0 bridgehead atoms. The Bertz CT molecular complexity index is 1910. The van der Waals surface area contributed by atoms with Crippen LogP contribution < -0.4 is 24.4 Å². The Morgan fingerprint density at radius 3 is 2.34 bits per heavy atom. The first kappa shape index (κ1) is 42.2. The van der Waals surface area contributed by atoms with Crippen LogP contribution in [0.2, 0.25) is 0 Å². The Hall–Kier alpha value is -4.97. The molecular formula is C45H56N4O6S. The lowest BCUT2D eigenvalue weighted by atomic mass is 10.0. The van der Waals surface area contributed by atoms with E-state index in [1.807, 2.05) is 78.6 Å². The molecule has 1 aliphatic rings. The van der Waals surface area contributed by atoms with Gasteiger partial charge in [0.25, 0.3) is 5.91 Å². The zero-order chi connectivity index (χ0) is 39.9. The first-order valence-corrected chi connectivity index (χ1v) is 19.8. The summed E-state index contributed by atoms with van der Waals surface area (Å²) in [5, 5.41) is 3.35. The molecule has 10 nitrogen and oxygen atoms in total. The highest BCUT2D eigenvalue weighted by atomic mass is 32.1. The van der Waals surface area contributed by atoms with E-state index in [4.69, 9.17) is 31.2 Å². The summed E-state index contributed by atoms with van der Waals surface area (Å²) in [6, 6.07) is 27.1. The van der Waals surface area contributed by atoms with Gasteiger partial charge >= 0.3 is 0 Å². The van der Waals surface area contributed by atoms with E-state index in [2.05, 4.69) is 23.3 Å². The molecule has 1 fully saturated rings. The van der Waals surface area contributed by atoms with Gasteiger partial charge in [-0.2, -0.15) is 0 Å². The highest BCUT2D eigenvalue weighted by molar-refractivity contribution is 7.81. The Balaban J connectivity index is 1.13. The molecule has 1 heterocycles. The van der Waals surface area contributed by atoms with Gasteiger partial charge in [0.05, 0.1) is 38.8 Å². The van der Waals surface area contributed by atoms with Crippen molar-refractivity contribution in [1.29, 1.82) is 0 Å². The average molecular weight is 781 g/mol. The van der Waals surface area contributed by atoms with Gasteiger partial charge < -0.3 is 39.0 Å². The maximum Gasteiger partial charge on any atom is 0.258 e. The molecule has 4 aromatic rings. The summed E-state index contributed by atoms with van der Waals surface area (Å²) in [5.41, 5.74) is 6.00. The van der Waals surface area contributed by atoms with Gasteiger partial charge in [-0.3, -0.25) is 9.59 Å². The number of nitrogens with one attached hydrogen (secondary N) is 1. The van der Waals surface area contributed by atoms with Crippen molar-refractivity contribution in [2.45, 2.75) is 52.1 Å². The van der Waals surface area contributed by atoms with E-state index in [1.54, 1.807) is 38.3 Å². The van der Waals surface area contributed by atoms with Crippen LogP contribution in [-0.2, 0) is 22.6 Å². The Labute approximate surface area is 337 Å². The van der Waals surface area contributed by atoms with Crippen LogP contribution in [-0.4, -0.2) is 94.3 Å². The SMILES string of the molecule is COc1ccc(COCCCc2ccccc2C(=S)Nc2ccc(C(=O)N(C)c3ccc(C)cc3OCCCCCC(=O)N3CCN(C)CC3)cc2OC)cc1. The van der Waals surface area contributed by atoms with Gasteiger partial charge in [-0.1, -0.05) is 54.7 Å². The smallest absolute Gasteiger partial charge is 0.258 e. The number of rotatable bonds is 19. The number of likely N-dealkylation sites (N-methyl/N-ethyl adjacent to an activating group) is 1. The van der Waals surface area contributed by atoms with Gasteiger partial charge in [0, 0.05) is 57.4 Å². The summed E-state index contributed by atoms with van der Waals surface area (Å²) in [6.07, 6.45) is 4.76. The van der Waals surface area contributed by atoms with Gasteiger partial charge in [0.15, 0.2) is 0 Å². The maximum atomic E-state index is 13.8. The predicted octanol–water partition coefficient (Wildman–Crippen LogP) is 7.94. The van der Waals surface area contributed by atoms with E-state index in [-0.39, 0.29) is 11.8 Å². The fourth-order valence-corrected chi connectivity index (χ4v) is 6.93. The molecule has 2 amide bonds. The zero-order valence-corrected chi connectivity index (χ0v) is 34.3. The van der Waals surface area contributed by atoms with Crippen molar-refractivity contribution in [2.24, 2.45) is 0 Å². The molecule has 0 aromatic heterocycles. The second kappa shape index (κ2) is 21.4. The van der Waals surface area contributed by atoms with Gasteiger partial charge in [-0.05, 0) is 105 Å². The molecule has 298 valence electrons. The highest BCUT2D eigenvalue weighted by Gasteiger charge is 2.21. The van der Waals surface area contributed by atoms with E-state index in [0.717, 1.165) is 86.3 Å². The standard InChI is InChI=1S/C45H56N4O6S/c1-33-16-23-40(42(30-33)55-29-10-6-7-15-43(50)49-26-24-47(2)25-27-49)48(3)45(51)36-19-22-39(41(31-36)53-5)46-44(56)38-14-9-8-12-35(38)13-11-28-54-32-34-17-20-37(52-4)21-18-34/h8-9,12,14,16-23,30-31H,6-7,10-11,13,15,24-29,32H2,1-5H3,(H,46,56). The monoisotopic (exact) mass is 780 g/mol. The summed E-state index contributed by atoms with van der Waals surface area (Å²) in [5.74, 6) is 2.01. The lowest BCUT2D eigenvalue weighted by Crippen LogP contribution is -2.47. The van der Waals surface area contributed by atoms with E-state index >= 15 is 0 Å². The molecule has 0 unspecified atom stereocenters. The minimum absolute atomic E-state index is 0.201. The summed E-state index contributed by atoms with van der Waals surface area (Å²) in [7, 11) is 7.08. The average Bonchev–Trinajstić information content (AvgIpc) is 3.22. The molecule has 0 radical (unpaired) electrons. The van der Waals surface area contributed by atoms with Crippen LogP contribution in [0.3, 0.4) is 0 Å². The molecule has 1 saturated heterocycles. The second-order valence-corrected chi connectivity index (χ2v) is 14.6. The van der Waals surface area contributed by atoms with Crippen LogP contribution >= 0.6 is 12.2 Å². The van der Waals surface area contributed by atoms with Crippen molar-refractivity contribution < 1.29 is 28.5 Å². The molecule has 1 N–H and O–H groups in total. The van der Waals surface area contributed by atoms with Crippen LogP contribution in [0.15, 0.2) is 84.9 Å². The third kappa shape index (κ3) is 12.0. The number of piperazine rings is 1. The van der Waals surface area contributed by atoms with Gasteiger partial charge in [0.1, 0.15) is 22.2 Å². The number of thiocarbonyl (C=S) groups is 1. The number of carbonyl (C=O) groups excluding carboxylic acids is 2. The highest BCUT2D eigenvalue weighted by Crippen LogP contribution is 2.32. The molecule has 0 aliphatic carbocycles. The number of unbranched alkanes of at least 4 members (excludes halogenated alkanes) is 2. The van der Waals surface area contributed by atoms with Crippen molar-refractivity contribution in [2.75, 3.05) is 77.9 Å². The van der Waals surface area contributed by atoms with E-state index < -0.39 is 0 Å². The first-order valence-electron chi connectivity index (χ1n) is 19.4. The van der Waals surface area contributed by atoms with Crippen LogP contribution in [0, 0.1) is 6.92 Å². The quantitative estimate of drug-likeness (QED) is 0.0753. The number of hydrogen-bond acceptors (Lipinski definition) is 8. The number of nitrogens with zero attached hydrogens (tertiary/aromatic N) is 3. The molecule has 4 aromatic carbocycles. The van der Waals surface area contributed by atoms with Gasteiger partial charge in [-0.25, -0.2) is 0 Å². The van der Waals surface area contributed by atoms with Crippen LogP contribution in [0.5, 0.6) is 17.2 Å². The zero-order valence-electron chi connectivity index (χ0n) is 33.5. The molecule has 11 heteroatoms. The van der Waals surface area contributed by atoms with Crippen LogP contribution in [0.25, 0.3) is 0 Å². The molecule has 56 heavy (non-hydrogen) atoms. The fraction of sp³-hybridized carbons (Fsp3) is 0.400. The number of hydrogen-bond donors (Lipinski definition) is 1. The van der Waals surface area contributed by atoms with Gasteiger partial charge in [-0.15, -0.1) is 0 Å². The second-order valence-electron chi connectivity index (χ2n) is 14.2. The molecule has 1 aliphatic heterocycles. The minimum atomic E-state index is -0.201. The number of methoxy groups -OCH3 is 2. The third-order valence-corrected chi connectivity index (χ3v) is 10.4. The van der Waals surface area contributed by atoms with Crippen LogP contribution in [0.4, 0.5) is 11.4 Å². The number of carbonyl (C=O) groups is 2. The van der Waals surface area contributed by atoms with Crippen molar-refractivity contribution >= 4 is 40.4 Å². The summed E-state index contributed by atoms with van der Waals surface area (Å²) < 4.78 is 23.1. The van der Waals surface area contributed by atoms with Crippen molar-refractivity contribution in [3.63, 3.8) is 0 Å². The molecule has 0 spiro atoms. The molecule has 0 atom stereocenters. The van der Waals surface area contributed by atoms with Crippen molar-refractivity contribution in [1.82, 2.24) is 9.80 Å². The number of amides is 2. The van der Waals surface area contributed by atoms with E-state index in [0.29, 0.717) is 59.7 Å². The lowest BCUT2D eigenvalue weighted by Gasteiger charge is -2.32. The number of anilines is 2. The summed E-state index contributed by atoms with van der Waals surface area (Å²) in [6.45, 7) is 7.14. The molecule has 0 saturated carbocycles. The largest absolute Gasteiger partial charge is 0.497 e. The third-order valence-electron chi connectivity index (χ3n) is 10.1. The van der Waals surface area contributed by atoms with E-state index in [1.165, 1.54) is 0 Å². The minimum Gasteiger partial charge on any atom is -0.497 e. The molecule has 5 rings (SSSR count). The van der Waals surface area contributed by atoms with Crippen molar-refractivity contribution in [3.05, 3.63) is 113 Å². The summed E-state index contributed by atoms with van der Waals surface area (Å²) >= 11 is 5.88. The number of benzene rings is 4.